The van der Waals surface area contributed by atoms with Gasteiger partial charge in [-0.05, 0) is 64.9 Å². The summed E-state index contributed by atoms with van der Waals surface area (Å²) in [4.78, 5) is 27.8. The normalized spacial score (nSPS) is 16.3. The van der Waals surface area contributed by atoms with Crippen LogP contribution in [0.5, 0.6) is 0 Å². The number of amides is 1. The Morgan fingerprint density at radius 1 is 1.23 bits per heavy atom. The predicted octanol–water partition coefficient (Wildman–Crippen LogP) is 2.56. The van der Waals surface area contributed by atoms with Crippen molar-refractivity contribution < 1.29 is 9.53 Å². The van der Waals surface area contributed by atoms with Gasteiger partial charge in [0.25, 0.3) is 0 Å². The van der Waals surface area contributed by atoms with E-state index in [1.807, 2.05) is 39.1 Å². The van der Waals surface area contributed by atoms with Crippen molar-refractivity contribution in [3.63, 3.8) is 0 Å². The van der Waals surface area contributed by atoms with Crippen molar-refractivity contribution in [2.24, 2.45) is 0 Å². The molecular weight excluding hydrogens is 380 g/mol. The maximum atomic E-state index is 12.1. The molecule has 1 amide bonds. The number of rotatable bonds is 8. The summed E-state index contributed by atoms with van der Waals surface area (Å²) in [5, 5.41) is 6.19. The quantitative estimate of drug-likeness (QED) is 0.688. The van der Waals surface area contributed by atoms with E-state index in [-0.39, 0.29) is 11.9 Å². The van der Waals surface area contributed by atoms with Crippen LogP contribution in [0.4, 0.5) is 11.6 Å². The molecule has 8 heteroatoms. The highest BCUT2D eigenvalue weighted by Crippen LogP contribution is 2.27. The second kappa shape index (κ2) is 10.4. The summed E-state index contributed by atoms with van der Waals surface area (Å²) in [6.45, 7) is 8.62. The number of ether oxygens (including phenoxy) is 1. The van der Waals surface area contributed by atoms with Gasteiger partial charge in [0.1, 0.15) is 0 Å². The standard InChI is InChI=1S/C22H32N6O2/c1-15-11-16(2)26-22(25-15)27-19-5-6-20(23-12-19)18-7-9-28(10-8-18)13-21(29)24-17(3)14-30-4/h5-6,11-12,17-18H,7-10,13-14H2,1-4H3,(H,24,29)(H,25,26,27)/t17-/m1/s1. The highest BCUT2D eigenvalue weighted by Gasteiger charge is 2.23. The van der Waals surface area contributed by atoms with Crippen molar-refractivity contribution in [1.29, 1.82) is 0 Å². The number of aromatic nitrogens is 3. The molecule has 2 aromatic heterocycles. The van der Waals surface area contributed by atoms with Crippen molar-refractivity contribution in [2.75, 3.05) is 38.7 Å². The Bertz CT molecular complexity index is 814. The molecule has 162 valence electrons. The van der Waals surface area contributed by atoms with Gasteiger partial charge in [0.2, 0.25) is 11.9 Å². The van der Waals surface area contributed by atoms with Crippen LogP contribution in [-0.2, 0) is 9.53 Å². The van der Waals surface area contributed by atoms with E-state index in [0.29, 0.717) is 25.0 Å². The highest BCUT2D eigenvalue weighted by atomic mass is 16.5. The summed E-state index contributed by atoms with van der Waals surface area (Å²) in [5.41, 5.74) is 3.84. The lowest BCUT2D eigenvalue weighted by atomic mass is 9.93. The number of likely N-dealkylation sites (tertiary alicyclic amines) is 1. The first-order valence-corrected chi connectivity index (χ1v) is 10.5. The molecule has 0 aliphatic carbocycles. The Labute approximate surface area is 178 Å². The number of methoxy groups -OCH3 is 1. The van der Waals surface area contributed by atoms with Gasteiger partial charge in [-0.15, -0.1) is 0 Å². The molecular formula is C22H32N6O2. The van der Waals surface area contributed by atoms with Gasteiger partial charge in [-0.3, -0.25) is 14.7 Å². The molecule has 0 spiro atoms. The molecule has 0 saturated carbocycles. The van der Waals surface area contributed by atoms with Gasteiger partial charge in [0.05, 0.1) is 25.0 Å². The van der Waals surface area contributed by atoms with Crippen LogP contribution >= 0.6 is 0 Å². The molecule has 1 aliphatic rings. The fourth-order valence-electron chi connectivity index (χ4n) is 3.83. The van der Waals surface area contributed by atoms with E-state index in [0.717, 1.165) is 48.7 Å². The van der Waals surface area contributed by atoms with Crippen molar-refractivity contribution in [3.8, 4) is 0 Å². The molecule has 1 saturated heterocycles. The lowest BCUT2D eigenvalue weighted by Gasteiger charge is -2.31. The van der Waals surface area contributed by atoms with Crippen LogP contribution in [0.3, 0.4) is 0 Å². The lowest BCUT2D eigenvalue weighted by molar-refractivity contribution is -0.123. The SMILES string of the molecule is COC[C@@H](C)NC(=O)CN1CCC(c2ccc(Nc3nc(C)cc(C)n3)cn2)CC1. The largest absolute Gasteiger partial charge is 0.383 e. The first kappa shape index (κ1) is 22.1. The third-order valence-electron chi connectivity index (χ3n) is 5.22. The van der Waals surface area contributed by atoms with Crippen LogP contribution in [0, 0.1) is 13.8 Å². The molecule has 0 radical (unpaired) electrons. The zero-order valence-electron chi connectivity index (χ0n) is 18.3. The number of carbonyl (C=O) groups excluding carboxylic acids is 1. The topological polar surface area (TPSA) is 92.3 Å². The minimum Gasteiger partial charge on any atom is -0.383 e. The van der Waals surface area contributed by atoms with Gasteiger partial charge in [0, 0.05) is 36.2 Å². The molecule has 2 N–H and O–H groups in total. The van der Waals surface area contributed by atoms with Gasteiger partial charge in [0.15, 0.2) is 0 Å². The fourth-order valence-corrected chi connectivity index (χ4v) is 3.83. The van der Waals surface area contributed by atoms with Crippen molar-refractivity contribution in [2.45, 2.75) is 45.6 Å². The van der Waals surface area contributed by atoms with Gasteiger partial charge >= 0.3 is 0 Å². The monoisotopic (exact) mass is 412 g/mol. The summed E-state index contributed by atoms with van der Waals surface area (Å²) in [6, 6.07) is 6.08. The first-order chi connectivity index (χ1) is 14.4. The molecule has 3 heterocycles. The highest BCUT2D eigenvalue weighted by molar-refractivity contribution is 5.78. The minimum absolute atomic E-state index is 0.0329. The Morgan fingerprint density at radius 2 is 1.93 bits per heavy atom. The molecule has 3 rings (SSSR count). The smallest absolute Gasteiger partial charge is 0.234 e. The molecule has 8 nitrogen and oxygen atoms in total. The third kappa shape index (κ3) is 6.47. The van der Waals surface area contributed by atoms with Crippen LogP contribution in [0.25, 0.3) is 0 Å². The Balaban J connectivity index is 1.48. The van der Waals surface area contributed by atoms with Gasteiger partial charge in [-0.2, -0.15) is 0 Å². The Morgan fingerprint density at radius 3 is 2.53 bits per heavy atom. The summed E-state index contributed by atoms with van der Waals surface area (Å²) in [6.07, 6.45) is 3.84. The number of pyridine rings is 1. The maximum absolute atomic E-state index is 12.1. The molecule has 2 aromatic rings. The summed E-state index contributed by atoms with van der Waals surface area (Å²) in [7, 11) is 1.64. The second-order valence-electron chi connectivity index (χ2n) is 8.05. The molecule has 1 fully saturated rings. The number of hydrogen-bond donors (Lipinski definition) is 2. The number of nitrogens with zero attached hydrogens (tertiary/aromatic N) is 4. The van der Waals surface area contributed by atoms with Crippen molar-refractivity contribution in [1.82, 2.24) is 25.2 Å². The van der Waals surface area contributed by atoms with E-state index in [1.54, 1.807) is 7.11 Å². The second-order valence-corrected chi connectivity index (χ2v) is 8.05. The van der Waals surface area contributed by atoms with E-state index in [9.17, 15) is 4.79 Å². The Kier molecular flexibility index (Phi) is 7.70. The molecule has 30 heavy (non-hydrogen) atoms. The van der Waals surface area contributed by atoms with Crippen LogP contribution in [-0.4, -0.2) is 65.2 Å². The minimum atomic E-state index is 0.0329. The number of hydrogen-bond acceptors (Lipinski definition) is 7. The van der Waals surface area contributed by atoms with E-state index in [1.165, 1.54) is 0 Å². The van der Waals surface area contributed by atoms with Crippen molar-refractivity contribution in [3.05, 3.63) is 41.5 Å². The number of piperidine rings is 1. The molecule has 0 bridgehead atoms. The average molecular weight is 413 g/mol. The number of carbonyl (C=O) groups is 1. The van der Waals surface area contributed by atoms with E-state index in [4.69, 9.17) is 4.74 Å². The zero-order valence-corrected chi connectivity index (χ0v) is 18.3. The van der Waals surface area contributed by atoms with Crippen molar-refractivity contribution >= 4 is 17.5 Å². The number of nitrogens with one attached hydrogen (secondary N) is 2. The average Bonchev–Trinajstić information content (AvgIpc) is 2.68. The zero-order chi connectivity index (χ0) is 21.5. The molecule has 0 unspecified atom stereocenters. The third-order valence-corrected chi connectivity index (χ3v) is 5.22. The lowest BCUT2D eigenvalue weighted by Crippen LogP contribution is -2.44. The summed E-state index contributed by atoms with van der Waals surface area (Å²) in [5.74, 6) is 1.07. The van der Waals surface area contributed by atoms with Crippen LogP contribution in [0.2, 0.25) is 0 Å². The summed E-state index contributed by atoms with van der Waals surface area (Å²) < 4.78 is 5.06. The van der Waals surface area contributed by atoms with Crippen LogP contribution < -0.4 is 10.6 Å². The molecule has 1 atom stereocenters. The number of anilines is 2. The summed E-state index contributed by atoms with van der Waals surface area (Å²) >= 11 is 0. The Hall–Kier alpha value is -2.58. The van der Waals surface area contributed by atoms with Crippen LogP contribution in [0.15, 0.2) is 24.4 Å². The van der Waals surface area contributed by atoms with E-state index < -0.39 is 0 Å². The van der Waals surface area contributed by atoms with Gasteiger partial charge in [-0.25, -0.2) is 9.97 Å². The van der Waals surface area contributed by atoms with E-state index in [2.05, 4.69) is 36.6 Å². The number of aryl methyl sites for hydroxylation is 2. The molecule has 0 aromatic carbocycles. The van der Waals surface area contributed by atoms with E-state index >= 15 is 0 Å². The van der Waals surface area contributed by atoms with Gasteiger partial charge in [-0.1, -0.05) is 0 Å². The maximum Gasteiger partial charge on any atom is 0.234 e. The first-order valence-electron chi connectivity index (χ1n) is 10.5. The van der Waals surface area contributed by atoms with Crippen LogP contribution in [0.1, 0.15) is 42.8 Å². The van der Waals surface area contributed by atoms with Gasteiger partial charge < -0.3 is 15.4 Å². The molecule has 1 aliphatic heterocycles. The fraction of sp³-hybridized carbons (Fsp3) is 0.545. The predicted molar refractivity (Wildman–Crippen MR) is 117 cm³/mol.